The number of nitrogens with zero attached hydrogens (tertiary/aromatic N) is 1. The fourth-order valence-corrected chi connectivity index (χ4v) is 2.91. The van der Waals surface area contributed by atoms with Gasteiger partial charge in [-0.05, 0) is 51.3 Å². The van der Waals surface area contributed by atoms with Gasteiger partial charge >= 0.3 is 0 Å². The molecule has 1 aromatic rings. The van der Waals surface area contributed by atoms with E-state index in [-0.39, 0.29) is 0 Å². The van der Waals surface area contributed by atoms with Crippen LogP contribution in [-0.4, -0.2) is 31.6 Å². The van der Waals surface area contributed by atoms with Crippen molar-refractivity contribution in [3.05, 3.63) is 35.4 Å². The largest absolute Gasteiger partial charge is 0.309 e. The SMILES string of the molecule is CCCNC(CN(C)CC1CCC1)c1ccc(C)cc1. The van der Waals surface area contributed by atoms with Crippen LogP contribution in [-0.2, 0) is 0 Å². The van der Waals surface area contributed by atoms with Crippen LogP contribution in [0.5, 0.6) is 0 Å². The number of nitrogens with one attached hydrogen (secondary N) is 1. The zero-order chi connectivity index (χ0) is 14.4. The molecule has 1 aliphatic rings. The van der Waals surface area contributed by atoms with E-state index >= 15 is 0 Å². The van der Waals surface area contributed by atoms with Gasteiger partial charge in [0.25, 0.3) is 0 Å². The van der Waals surface area contributed by atoms with Gasteiger partial charge in [-0.2, -0.15) is 0 Å². The minimum absolute atomic E-state index is 0.459. The third kappa shape index (κ3) is 4.60. The lowest BCUT2D eigenvalue weighted by Crippen LogP contribution is -2.37. The van der Waals surface area contributed by atoms with E-state index in [4.69, 9.17) is 0 Å². The Morgan fingerprint density at radius 3 is 2.50 bits per heavy atom. The van der Waals surface area contributed by atoms with Crippen molar-refractivity contribution in [1.82, 2.24) is 10.2 Å². The van der Waals surface area contributed by atoms with E-state index in [0.29, 0.717) is 6.04 Å². The topological polar surface area (TPSA) is 15.3 Å². The average molecular weight is 274 g/mol. The Morgan fingerprint density at radius 2 is 1.95 bits per heavy atom. The van der Waals surface area contributed by atoms with E-state index in [9.17, 15) is 0 Å². The molecule has 0 spiro atoms. The summed E-state index contributed by atoms with van der Waals surface area (Å²) >= 11 is 0. The quantitative estimate of drug-likeness (QED) is 0.776. The second-order valence-electron chi connectivity index (χ2n) is 6.44. The lowest BCUT2D eigenvalue weighted by molar-refractivity contribution is 0.191. The zero-order valence-corrected chi connectivity index (χ0v) is 13.4. The minimum Gasteiger partial charge on any atom is -0.309 e. The standard InChI is InChI=1S/C18H30N2/c1-4-12-19-18(17-10-8-15(2)9-11-17)14-20(3)13-16-6-5-7-16/h8-11,16,18-19H,4-7,12-14H2,1-3H3. The predicted octanol–water partition coefficient (Wildman–Crippen LogP) is 3.77. The van der Waals surface area contributed by atoms with Crippen molar-refractivity contribution in [3.63, 3.8) is 0 Å². The molecular weight excluding hydrogens is 244 g/mol. The van der Waals surface area contributed by atoms with Crippen LogP contribution in [0.1, 0.15) is 49.8 Å². The van der Waals surface area contributed by atoms with E-state index in [0.717, 1.165) is 19.0 Å². The van der Waals surface area contributed by atoms with Gasteiger partial charge in [0.1, 0.15) is 0 Å². The van der Waals surface area contributed by atoms with E-state index < -0.39 is 0 Å². The maximum atomic E-state index is 3.70. The summed E-state index contributed by atoms with van der Waals surface area (Å²) in [5.74, 6) is 0.949. The maximum absolute atomic E-state index is 3.70. The van der Waals surface area contributed by atoms with Crippen molar-refractivity contribution in [2.75, 3.05) is 26.7 Å². The molecule has 0 radical (unpaired) electrons. The van der Waals surface area contributed by atoms with Gasteiger partial charge in [0.2, 0.25) is 0 Å². The normalized spacial score (nSPS) is 17.2. The van der Waals surface area contributed by atoms with Gasteiger partial charge in [-0.1, -0.05) is 43.2 Å². The highest BCUT2D eigenvalue weighted by atomic mass is 15.1. The molecule has 0 saturated heterocycles. The molecule has 0 bridgehead atoms. The molecule has 112 valence electrons. The third-order valence-corrected chi connectivity index (χ3v) is 4.41. The van der Waals surface area contributed by atoms with Crippen LogP contribution >= 0.6 is 0 Å². The van der Waals surface area contributed by atoms with Gasteiger partial charge in [-0.25, -0.2) is 0 Å². The lowest BCUT2D eigenvalue weighted by atomic mass is 9.85. The number of hydrogen-bond donors (Lipinski definition) is 1. The van der Waals surface area contributed by atoms with Crippen LogP contribution in [0.15, 0.2) is 24.3 Å². The van der Waals surface area contributed by atoms with Gasteiger partial charge in [0.05, 0.1) is 0 Å². The van der Waals surface area contributed by atoms with Crippen molar-refractivity contribution in [2.45, 2.75) is 45.6 Å². The monoisotopic (exact) mass is 274 g/mol. The Morgan fingerprint density at radius 1 is 1.25 bits per heavy atom. The van der Waals surface area contributed by atoms with E-state index in [1.807, 2.05) is 0 Å². The molecule has 1 saturated carbocycles. The molecule has 0 heterocycles. The summed E-state index contributed by atoms with van der Waals surface area (Å²) in [6, 6.07) is 9.46. The first-order chi connectivity index (χ1) is 9.69. The molecule has 0 aliphatic heterocycles. The molecule has 2 heteroatoms. The summed E-state index contributed by atoms with van der Waals surface area (Å²) in [6.45, 7) is 7.85. The zero-order valence-electron chi connectivity index (χ0n) is 13.4. The van der Waals surface area contributed by atoms with Crippen molar-refractivity contribution in [3.8, 4) is 0 Å². The van der Waals surface area contributed by atoms with E-state index in [2.05, 4.69) is 55.4 Å². The first-order valence-electron chi connectivity index (χ1n) is 8.17. The van der Waals surface area contributed by atoms with Crippen LogP contribution < -0.4 is 5.32 Å². The molecule has 0 amide bonds. The summed E-state index contributed by atoms with van der Waals surface area (Å²) in [5, 5.41) is 3.70. The Hall–Kier alpha value is -0.860. The highest BCUT2D eigenvalue weighted by Gasteiger charge is 2.21. The molecule has 1 fully saturated rings. The fraction of sp³-hybridized carbons (Fsp3) is 0.667. The molecule has 0 aromatic heterocycles. The molecule has 1 unspecified atom stereocenters. The smallest absolute Gasteiger partial charge is 0.0449 e. The second kappa shape index (κ2) is 7.80. The minimum atomic E-state index is 0.459. The molecule has 1 N–H and O–H groups in total. The number of aryl methyl sites for hydroxylation is 1. The molecular formula is C18H30N2. The number of likely N-dealkylation sites (N-methyl/N-ethyl adjacent to an activating group) is 1. The van der Waals surface area contributed by atoms with E-state index in [1.165, 1.54) is 43.4 Å². The van der Waals surface area contributed by atoms with Crippen LogP contribution in [0.2, 0.25) is 0 Å². The summed E-state index contributed by atoms with van der Waals surface area (Å²) in [4.78, 5) is 2.51. The Bertz CT molecular complexity index is 381. The molecule has 20 heavy (non-hydrogen) atoms. The van der Waals surface area contributed by atoms with Crippen molar-refractivity contribution < 1.29 is 0 Å². The number of rotatable bonds is 8. The summed E-state index contributed by atoms with van der Waals surface area (Å²) in [7, 11) is 2.27. The highest BCUT2D eigenvalue weighted by Crippen LogP contribution is 2.27. The fourth-order valence-electron chi connectivity index (χ4n) is 2.91. The maximum Gasteiger partial charge on any atom is 0.0449 e. The van der Waals surface area contributed by atoms with Crippen LogP contribution in [0.25, 0.3) is 0 Å². The van der Waals surface area contributed by atoms with Gasteiger partial charge < -0.3 is 10.2 Å². The van der Waals surface area contributed by atoms with Gasteiger partial charge in [-0.3, -0.25) is 0 Å². The molecule has 1 atom stereocenters. The summed E-state index contributed by atoms with van der Waals surface area (Å²) in [6.07, 6.45) is 5.49. The van der Waals surface area contributed by atoms with Crippen molar-refractivity contribution >= 4 is 0 Å². The van der Waals surface area contributed by atoms with Crippen LogP contribution in [0.3, 0.4) is 0 Å². The molecule has 2 nitrogen and oxygen atoms in total. The van der Waals surface area contributed by atoms with E-state index in [1.54, 1.807) is 0 Å². The second-order valence-corrected chi connectivity index (χ2v) is 6.44. The number of benzene rings is 1. The first-order valence-corrected chi connectivity index (χ1v) is 8.17. The summed E-state index contributed by atoms with van der Waals surface area (Å²) < 4.78 is 0. The third-order valence-electron chi connectivity index (χ3n) is 4.41. The number of hydrogen-bond acceptors (Lipinski definition) is 2. The van der Waals surface area contributed by atoms with Crippen molar-refractivity contribution in [1.29, 1.82) is 0 Å². The van der Waals surface area contributed by atoms with Gasteiger partial charge in [-0.15, -0.1) is 0 Å². The molecule has 1 aliphatic carbocycles. The predicted molar refractivity (Wildman–Crippen MR) is 87.1 cm³/mol. The molecule has 1 aromatic carbocycles. The first kappa shape index (κ1) is 15.5. The lowest BCUT2D eigenvalue weighted by Gasteiger charge is -2.32. The van der Waals surface area contributed by atoms with Crippen LogP contribution in [0, 0.1) is 12.8 Å². The molecule has 2 rings (SSSR count). The van der Waals surface area contributed by atoms with Gasteiger partial charge in [0.15, 0.2) is 0 Å². The average Bonchev–Trinajstić information content (AvgIpc) is 2.40. The van der Waals surface area contributed by atoms with Crippen molar-refractivity contribution in [2.24, 2.45) is 5.92 Å². The van der Waals surface area contributed by atoms with Crippen LogP contribution in [0.4, 0.5) is 0 Å². The Balaban J connectivity index is 1.92. The Labute approximate surface area is 124 Å². The highest BCUT2D eigenvalue weighted by molar-refractivity contribution is 5.24. The Kier molecular flexibility index (Phi) is 6.06. The van der Waals surface area contributed by atoms with Gasteiger partial charge in [0, 0.05) is 19.1 Å². The summed E-state index contributed by atoms with van der Waals surface area (Å²) in [5.41, 5.74) is 2.76.